The zero-order valence-electron chi connectivity index (χ0n) is 15.7. The van der Waals surface area contributed by atoms with Crippen molar-refractivity contribution in [3.05, 3.63) is 90.8 Å². The smallest absolute Gasteiger partial charge is 0.322 e. The van der Waals surface area contributed by atoms with Gasteiger partial charge in [-0.05, 0) is 52.9 Å². The van der Waals surface area contributed by atoms with Crippen LogP contribution in [-0.2, 0) is 0 Å². The molecule has 0 saturated heterocycles. The quantitative estimate of drug-likeness (QED) is 0.475. The molecule has 0 atom stereocenters. The number of tetrazole rings is 1. The summed E-state index contributed by atoms with van der Waals surface area (Å²) in [5.41, 5.74) is 2.71. The first-order valence-electron chi connectivity index (χ1n) is 9.06. The number of nitrogens with zero attached hydrogens (tertiary/aromatic N) is 4. The van der Waals surface area contributed by atoms with Crippen LogP contribution in [0.1, 0.15) is 10.4 Å². The topological polar surface area (TPSA) is 114 Å². The number of carbonyl (C=O) groups excluding carboxylic acids is 2. The minimum absolute atomic E-state index is 0.327. The van der Waals surface area contributed by atoms with E-state index in [1.165, 1.54) is 11.0 Å². The summed E-state index contributed by atoms with van der Waals surface area (Å²) in [4.78, 5) is 25.0. The molecule has 3 amide bonds. The Morgan fingerprint density at radius 3 is 2.17 bits per heavy atom. The molecule has 0 bridgehead atoms. The molecule has 3 aromatic carbocycles. The zero-order valence-corrected chi connectivity index (χ0v) is 15.7. The van der Waals surface area contributed by atoms with Crippen molar-refractivity contribution in [2.24, 2.45) is 0 Å². The van der Waals surface area contributed by atoms with Crippen LogP contribution in [0.5, 0.6) is 0 Å². The van der Waals surface area contributed by atoms with E-state index in [4.69, 9.17) is 0 Å². The molecule has 0 unspecified atom stereocenters. The Morgan fingerprint density at radius 1 is 0.733 bits per heavy atom. The van der Waals surface area contributed by atoms with Gasteiger partial charge in [0.1, 0.15) is 6.33 Å². The average molecular weight is 399 g/mol. The molecular weight excluding hydrogens is 382 g/mol. The van der Waals surface area contributed by atoms with Gasteiger partial charge >= 0.3 is 6.03 Å². The molecular formula is C21H17N7O2. The van der Waals surface area contributed by atoms with E-state index in [9.17, 15) is 9.59 Å². The largest absolute Gasteiger partial charge is 0.323 e. The van der Waals surface area contributed by atoms with Gasteiger partial charge < -0.3 is 16.0 Å². The molecule has 1 aromatic heterocycles. The van der Waals surface area contributed by atoms with Crippen molar-refractivity contribution in [1.82, 2.24) is 20.2 Å². The molecule has 4 rings (SSSR count). The Balaban J connectivity index is 1.46. The van der Waals surface area contributed by atoms with E-state index >= 15 is 0 Å². The predicted octanol–water partition coefficient (Wildman–Crippen LogP) is 3.56. The van der Waals surface area contributed by atoms with Crippen molar-refractivity contribution in [1.29, 1.82) is 0 Å². The molecule has 0 aliphatic rings. The van der Waals surface area contributed by atoms with Crippen LogP contribution in [0.3, 0.4) is 0 Å². The Hall–Kier alpha value is -4.53. The first-order chi connectivity index (χ1) is 14.7. The van der Waals surface area contributed by atoms with Crippen LogP contribution >= 0.6 is 0 Å². The van der Waals surface area contributed by atoms with Gasteiger partial charge in [0.15, 0.2) is 0 Å². The Labute approximate surface area is 171 Å². The summed E-state index contributed by atoms with van der Waals surface area (Å²) in [5.74, 6) is -0.327. The van der Waals surface area contributed by atoms with E-state index in [0.29, 0.717) is 28.3 Å². The van der Waals surface area contributed by atoms with Crippen molar-refractivity contribution in [3.63, 3.8) is 0 Å². The van der Waals surface area contributed by atoms with Gasteiger partial charge in [-0.25, -0.2) is 4.79 Å². The van der Waals surface area contributed by atoms with Crippen LogP contribution in [0.15, 0.2) is 85.2 Å². The van der Waals surface area contributed by atoms with Gasteiger partial charge in [0.25, 0.3) is 5.91 Å². The maximum absolute atomic E-state index is 12.8. The molecule has 0 spiro atoms. The molecule has 0 radical (unpaired) electrons. The molecule has 1 heterocycles. The number of anilines is 3. The third-order valence-corrected chi connectivity index (χ3v) is 4.15. The fourth-order valence-electron chi connectivity index (χ4n) is 2.83. The van der Waals surface area contributed by atoms with Crippen molar-refractivity contribution >= 4 is 29.0 Å². The van der Waals surface area contributed by atoms with Crippen LogP contribution in [0.2, 0.25) is 0 Å². The fraction of sp³-hybridized carbons (Fsp3) is 0. The molecule has 30 heavy (non-hydrogen) atoms. The van der Waals surface area contributed by atoms with E-state index in [2.05, 4.69) is 31.5 Å². The van der Waals surface area contributed by atoms with E-state index in [0.717, 1.165) is 0 Å². The van der Waals surface area contributed by atoms with E-state index in [1.54, 1.807) is 60.7 Å². The van der Waals surface area contributed by atoms with E-state index in [1.807, 2.05) is 18.2 Å². The number of carbonyl (C=O) groups is 2. The number of para-hydroxylation sites is 2. The maximum atomic E-state index is 12.8. The number of urea groups is 1. The first kappa shape index (κ1) is 18.8. The fourth-order valence-corrected chi connectivity index (χ4v) is 2.83. The molecule has 9 heteroatoms. The van der Waals surface area contributed by atoms with Crippen molar-refractivity contribution in [2.45, 2.75) is 0 Å². The SMILES string of the molecule is O=C(Nc1ccccc1)Nc1cccc(NC(=O)c2ccccc2-n2cnnn2)c1. The number of amides is 3. The highest BCUT2D eigenvalue weighted by molar-refractivity contribution is 6.07. The van der Waals surface area contributed by atoms with Crippen molar-refractivity contribution < 1.29 is 9.59 Å². The van der Waals surface area contributed by atoms with Crippen LogP contribution in [0, 0.1) is 0 Å². The van der Waals surface area contributed by atoms with Gasteiger partial charge in [-0.3, -0.25) is 4.79 Å². The number of nitrogens with one attached hydrogen (secondary N) is 3. The summed E-state index contributed by atoms with van der Waals surface area (Å²) in [6.07, 6.45) is 1.42. The summed E-state index contributed by atoms with van der Waals surface area (Å²) in [5, 5.41) is 19.4. The van der Waals surface area contributed by atoms with Gasteiger partial charge in [0, 0.05) is 17.1 Å². The minimum Gasteiger partial charge on any atom is -0.322 e. The highest BCUT2D eigenvalue weighted by atomic mass is 16.2. The minimum atomic E-state index is -0.381. The van der Waals surface area contributed by atoms with Crippen LogP contribution in [0.4, 0.5) is 21.9 Å². The number of hydrogen-bond donors (Lipinski definition) is 3. The second-order valence-corrected chi connectivity index (χ2v) is 6.25. The van der Waals surface area contributed by atoms with Gasteiger partial charge in [-0.2, -0.15) is 4.68 Å². The Kier molecular flexibility index (Phi) is 5.43. The molecule has 4 aromatic rings. The lowest BCUT2D eigenvalue weighted by Gasteiger charge is -2.11. The van der Waals surface area contributed by atoms with Gasteiger partial charge in [-0.15, -0.1) is 5.10 Å². The standard InChI is InChI=1S/C21H17N7O2/c29-20(18-11-4-5-12-19(18)28-14-22-26-27-28)23-16-9-6-10-17(13-16)25-21(30)24-15-7-2-1-3-8-15/h1-14H,(H,23,29)(H2,24,25,30). The van der Waals surface area contributed by atoms with Crippen LogP contribution in [0.25, 0.3) is 5.69 Å². The summed E-state index contributed by atoms with van der Waals surface area (Å²) >= 11 is 0. The summed E-state index contributed by atoms with van der Waals surface area (Å²) in [7, 11) is 0. The molecule has 0 fully saturated rings. The first-order valence-corrected chi connectivity index (χ1v) is 9.06. The second-order valence-electron chi connectivity index (χ2n) is 6.25. The highest BCUT2D eigenvalue weighted by Crippen LogP contribution is 2.19. The normalized spacial score (nSPS) is 10.3. The zero-order chi connectivity index (χ0) is 20.8. The number of rotatable bonds is 5. The number of hydrogen-bond acceptors (Lipinski definition) is 5. The third-order valence-electron chi connectivity index (χ3n) is 4.15. The van der Waals surface area contributed by atoms with Crippen LogP contribution in [-0.4, -0.2) is 32.1 Å². The summed E-state index contributed by atoms with van der Waals surface area (Å²) in [6.45, 7) is 0. The lowest BCUT2D eigenvalue weighted by atomic mass is 10.1. The van der Waals surface area contributed by atoms with Gasteiger partial charge in [0.05, 0.1) is 11.3 Å². The van der Waals surface area contributed by atoms with E-state index in [-0.39, 0.29) is 11.9 Å². The van der Waals surface area contributed by atoms with Gasteiger partial charge in [-0.1, -0.05) is 36.4 Å². The Bertz CT molecular complexity index is 1160. The highest BCUT2D eigenvalue weighted by Gasteiger charge is 2.14. The monoisotopic (exact) mass is 399 g/mol. The summed E-state index contributed by atoms with van der Waals surface area (Å²) in [6, 6.07) is 22.6. The Morgan fingerprint density at radius 2 is 1.40 bits per heavy atom. The van der Waals surface area contributed by atoms with E-state index < -0.39 is 0 Å². The molecule has 3 N–H and O–H groups in total. The van der Waals surface area contributed by atoms with Crippen LogP contribution < -0.4 is 16.0 Å². The van der Waals surface area contributed by atoms with Crippen molar-refractivity contribution in [2.75, 3.05) is 16.0 Å². The molecule has 0 aliphatic heterocycles. The second kappa shape index (κ2) is 8.65. The van der Waals surface area contributed by atoms with Gasteiger partial charge in [0.2, 0.25) is 0 Å². The molecule has 0 saturated carbocycles. The lowest BCUT2D eigenvalue weighted by molar-refractivity contribution is 0.102. The number of aromatic nitrogens is 4. The molecule has 0 aliphatic carbocycles. The molecule has 9 nitrogen and oxygen atoms in total. The summed E-state index contributed by atoms with van der Waals surface area (Å²) < 4.78 is 1.42. The van der Waals surface area contributed by atoms with Crippen molar-refractivity contribution in [3.8, 4) is 5.69 Å². The third kappa shape index (κ3) is 4.47. The predicted molar refractivity (Wildman–Crippen MR) is 113 cm³/mol. The lowest BCUT2D eigenvalue weighted by Crippen LogP contribution is -2.19. The number of benzene rings is 3. The maximum Gasteiger partial charge on any atom is 0.323 e. The molecule has 148 valence electrons. The average Bonchev–Trinajstić information content (AvgIpc) is 3.29.